The summed E-state index contributed by atoms with van der Waals surface area (Å²) >= 11 is 0. The summed E-state index contributed by atoms with van der Waals surface area (Å²) in [5.74, 6) is -6.21. The highest BCUT2D eigenvalue weighted by Crippen LogP contribution is 2.39. The SMILES string of the molecule is CCC(Nc1cc(F)c(C(=O)NC(Cc2ccc(-c3nccc(C)c3C(F)(F)F)c3nccn23)C(=O)O)c(F)c1)C(F)(F)F. The number of nitrogens with zero attached hydrogens (tertiary/aromatic N) is 3. The van der Waals surface area contributed by atoms with Gasteiger partial charge in [-0.2, -0.15) is 26.3 Å². The molecule has 16 heteroatoms. The number of amides is 1. The minimum atomic E-state index is -4.75. The molecule has 1 amide bonds. The molecular formula is C28H23F8N5O3. The first kappa shape index (κ1) is 32.2. The number of imidazole rings is 1. The van der Waals surface area contributed by atoms with Crippen LogP contribution >= 0.6 is 0 Å². The van der Waals surface area contributed by atoms with Gasteiger partial charge in [-0.15, -0.1) is 0 Å². The largest absolute Gasteiger partial charge is 0.480 e. The maximum absolute atomic E-state index is 14.7. The van der Waals surface area contributed by atoms with E-state index in [-0.39, 0.29) is 22.5 Å². The standard InChI is InChI=1S/C28H23F8N5O3/c1-3-20(27(31,32)33)39-14-10-17(29)21(18(30)11-14)25(42)40-19(26(43)44)12-15-4-5-16(24-38-8-9-41(15)24)23-22(28(34,35)36)13(2)6-7-37-23/h4-11,19-20,39H,3,12H2,1-2H3,(H,40,42)(H,43,44). The number of aryl methyl sites for hydroxylation is 1. The van der Waals surface area contributed by atoms with E-state index in [2.05, 4.69) is 9.97 Å². The molecule has 3 aromatic heterocycles. The number of carboxylic acid groups (broad SMARTS) is 1. The zero-order chi connectivity index (χ0) is 32.6. The number of carboxylic acids is 1. The lowest BCUT2D eigenvalue weighted by Crippen LogP contribution is -2.43. The Morgan fingerprint density at radius 3 is 2.23 bits per heavy atom. The maximum Gasteiger partial charge on any atom is 0.418 e. The Hall–Kier alpha value is -4.76. The fourth-order valence-electron chi connectivity index (χ4n) is 4.67. The molecule has 0 saturated carbocycles. The van der Waals surface area contributed by atoms with Gasteiger partial charge in [0.1, 0.15) is 34.9 Å². The molecule has 0 aliphatic rings. The van der Waals surface area contributed by atoms with Crippen LogP contribution in [0.3, 0.4) is 0 Å². The molecule has 8 nitrogen and oxygen atoms in total. The lowest BCUT2D eigenvalue weighted by molar-refractivity contribution is -0.143. The second-order valence-electron chi connectivity index (χ2n) is 9.74. The number of alkyl halides is 6. The van der Waals surface area contributed by atoms with Crippen molar-refractivity contribution in [3.63, 3.8) is 0 Å². The van der Waals surface area contributed by atoms with Crippen molar-refractivity contribution in [2.24, 2.45) is 0 Å². The zero-order valence-electron chi connectivity index (χ0n) is 22.8. The number of fused-ring (bicyclic) bond motifs is 1. The van der Waals surface area contributed by atoms with Crippen LogP contribution in [0, 0.1) is 18.6 Å². The van der Waals surface area contributed by atoms with Gasteiger partial charge in [0.25, 0.3) is 5.91 Å². The molecule has 4 rings (SSSR count). The van der Waals surface area contributed by atoms with E-state index in [1.54, 1.807) is 0 Å². The second kappa shape index (κ2) is 12.1. The molecule has 2 atom stereocenters. The first-order valence-corrected chi connectivity index (χ1v) is 12.9. The fraction of sp³-hybridized carbons (Fsp3) is 0.286. The summed E-state index contributed by atoms with van der Waals surface area (Å²) in [7, 11) is 0. The van der Waals surface area contributed by atoms with Gasteiger partial charge in [-0.25, -0.2) is 18.6 Å². The molecule has 2 unspecified atom stereocenters. The Kier molecular flexibility index (Phi) is 8.83. The van der Waals surface area contributed by atoms with Gasteiger partial charge in [0.05, 0.1) is 11.3 Å². The Morgan fingerprint density at radius 1 is 1.00 bits per heavy atom. The average molecular weight is 630 g/mol. The van der Waals surface area contributed by atoms with Crippen molar-refractivity contribution < 1.29 is 49.8 Å². The normalized spacial score (nSPS) is 13.5. The van der Waals surface area contributed by atoms with Gasteiger partial charge in [0.15, 0.2) is 0 Å². The van der Waals surface area contributed by atoms with E-state index < -0.39 is 83.3 Å². The number of halogens is 8. The summed E-state index contributed by atoms with van der Waals surface area (Å²) in [6.45, 7) is 2.47. The van der Waals surface area contributed by atoms with Crippen molar-refractivity contribution in [3.05, 3.63) is 82.9 Å². The van der Waals surface area contributed by atoms with Gasteiger partial charge in [-0.3, -0.25) is 9.78 Å². The average Bonchev–Trinajstić information content (AvgIpc) is 3.40. The van der Waals surface area contributed by atoms with E-state index in [9.17, 15) is 49.8 Å². The number of pyridine rings is 2. The highest BCUT2D eigenvalue weighted by atomic mass is 19.4. The van der Waals surface area contributed by atoms with Crippen molar-refractivity contribution in [2.45, 2.75) is 51.1 Å². The van der Waals surface area contributed by atoms with E-state index in [1.807, 2.05) is 10.6 Å². The molecule has 3 N–H and O–H groups in total. The van der Waals surface area contributed by atoms with Crippen LogP contribution in [0.5, 0.6) is 0 Å². The number of hydrogen-bond acceptors (Lipinski definition) is 5. The van der Waals surface area contributed by atoms with Gasteiger partial charge in [0.2, 0.25) is 0 Å². The Bertz CT molecular complexity index is 1690. The molecule has 0 aliphatic carbocycles. The third-order valence-corrected chi connectivity index (χ3v) is 6.76. The van der Waals surface area contributed by atoms with Crippen LogP contribution in [0.1, 0.15) is 40.5 Å². The summed E-state index contributed by atoms with van der Waals surface area (Å²) in [5.41, 5.74) is -3.17. The summed E-state index contributed by atoms with van der Waals surface area (Å²) < 4.78 is 111. The van der Waals surface area contributed by atoms with Crippen molar-refractivity contribution in [2.75, 3.05) is 5.32 Å². The third kappa shape index (κ3) is 6.58. The van der Waals surface area contributed by atoms with Gasteiger partial charge in [-0.1, -0.05) is 6.92 Å². The predicted octanol–water partition coefficient (Wildman–Crippen LogP) is 6.18. The molecule has 0 saturated heterocycles. The van der Waals surface area contributed by atoms with Crippen LogP contribution in [-0.4, -0.2) is 49.6 Å². The summed E-state index contributed by atoms with van der Waals surface area (Å²) in [5, 5.41) is 13.7. The van der Waals surface area contributed by atoms with Crippen LogP contribution in [0.4, 0.5) is 40.8 Å². The number of anilines is 1. The van der Waals surface area contributed by atoms with Crippen LogP contribution in [0.15, 0.2) is 48.9 Å². The Labute approximate surface area is 243 Å². The topological polar surface area (TPSA) is 109 Å². The smallest absolute Gasteiger partial charge is 0.418 e. The van der Waals surface area contributed by atoms with Crippen LogP contribution in [0.25, 0.3) is 16.9 Å². The van der Waals surface area contributed by atoms with E-state index in [4.69, 9.17) is 0 Å². The first-order valence-electron chi connectivity index (χ1n) is 12.9. The number of nitrogens with one attached hydrogen (secondary N) is 2. The van der Waals surface area contributed by atoms with E-state index in [1.165, 1.54) is 55.0 Å². The lowest BCUT2D eigenvalue weighted by Gasteiger charge is -2.22. The predicted molar refractivity (Wildman–Crippen MR) is 141 cm³/mol. The van der Waals surface area contributed by atoms with Crippen LogP contribution in [0.2, 0.25) is 0 Å². The third-order valence-electron chi connectivity index (χ3n) is 6.76. The Balaban J connectivity index is 1.63. The van der Waals surface area contributed by atoms with Gasteiger partial charge in [-0.05, 0) is 49.2 Å². The van der Waals surface area contributed by atoms with Crippen LogP contribution in [-0.2, 0) is 17.4 Å². The highest BCUT2D eigenvalue weighted by Gasteiger charge is 2.39. The minimum absolute atomic E-state index is 0.00835. The Morgan fingerprint density at radius 2 is 1.66 bits per heavy atom. The maximum atomic E-state index is 14.7. The number of benzene rings is 1. The second-order valence-corrected chi connectivity index (χ2v) is 9.74. The quantitative estimate of drug-likeness (QED) is 0.191. The molecule has 0 spiro atoms. The molecule has 0 bridgehead atoms. The number of carbonyl (C=O) groups excluding carboxylic acids is 1. The van der Waals surface area contributed by atoms with Crippen molar-refractivity contribution in [3.8, 4) is 11.3 Å². The first-order chi connectivity index (χ1) is 20.5. The molecule has 234 valence electrons. The number of aliphatic carboxylic acids is 1. The summed E-state index contributed by atoms with van der Waals surface area (Å²) in [6, 6.07) is 0.783. The van der Waals surface area contributed by atoms with E-state index in [0.717, 1.165) is 0 Å². The number of hydrogen-bond donors (Lipinski definition) is 3. The van der Waals surface area contributed by atoms with Crippen molar-refractivity contribution >= 4 is 23.2 Å². The van der Waals surface area contributed by atoms with Gasteiger partial charge in [0, 0.05) is 42.0 Å². The molecule has 3 heterocycles. The fourth-order valence-corrected chi connectivity index (χ4v) is 4.67. The molecule has 0 aliphatic heterocycles. The minimum Gasteiger partial charge on any atom is -0.480 e. The zero-order valence-corrected chi connectivity index (χ0v) is 22.8. The number of aromatic nitrogens is 3. The number of carbonyl (C=O) groups is 2. The van der Waals surface area contributed by atoms with Crippen molar-refractivity contribution in [1.29, 1.82) is 0 Å². The summed E-state index contributed by atoms with van der Waals surface area (Å²) in [6.07, 6.45) is -6.64. The summed E-state index contributed by atoms with van der Waals surface area (Å²) in [4.78, 5) is 32.8. The lowest BCUT2D eigenvalue weighted by atomic mass is 10.0. The molecule has 1 aromatic carbocycles. The van der Waals surface area contributed by atoms with Gasteiger partial charge >= 0.3 is 18.3 Å². The van der Waals surface area contributed by atoms with Crippen LogP contribution < -0.4 is 10.6 Å². The van der Waals surface area contributed by atoms with E-state index in [0.29, 0.717) is 12.1 Å². The number of rotatable bonds is 9. The highest BCUT2D eigenvalue weighted by molar-refractivity contribution is 5.97. The van der Waals surface area contributed by atoms with Crippen molar-refractivity contribution in [1.82, 2.24) is 19.7 Å². The molecule has 4 aromatic rings. The molecular weight excluding hydrogens is 606 g/mol. The monoisotopic (exact) mass is 629 g/mol. The van der Waals surface area contributed by atoms with E-state index >= 15 is 0 Å². The van der Waals surface area contributed by atoms with Gasteiger partial charge < -0.3 is 20.1 Å². The molecule has 44 heavy (non-hydrogen) atoms. The molecule has 0 fully saturated rings. The molecule has 0 radical (unpaired) electrons.